The highest BCUT2D eigenvalue weighted by Crippen LogP contribution is 2.44. The van der Waals surface area contributed by atoms with Crippen LogP contribution in [0.5, 0.6) is 0 Å². The molecule has 32 heavy (non-hydrogen) atoms. The summed E-state index contributed by atoms with van der Waals surface area (Å²) in [6.45, 7) is 11.5. The number of amides is 1. The Morgan fingerprint density at radius 1 is 1.03 bits per heavy atom. The first-order valence-electron chi connectivity index (χ1n) is 10.9. The standard InChI is InChI=1S/C25H33NO5Si/c1-16(27)22(23(28)31-32(5,6)25(2,3)4)26-24(29)30-15-21-19-13-9-7-11-17(19)18-12-8-10-14-20(18)21/h7-14,16,21-22,27H,15H2,1-6H3,(H,26,29)/t16-,22+/m1/s1. The van der Waals surface area contributed by atoms with Crippen LogP contribution in [-0.4, -0.2) is 44.2 Å². The van der Waals surface area contributed by atoms with Crippen LogP contribution in [0.15, 0.2) is 48.5 Å². The average molecular weight is 456 g/mol. The highest BCUT2D eigenvalue weighted by atomic mass is 28.4. The quantitative estimate of drug-likeness (QED) is 0.610. The fourth-order valence-corrected chi connectivity index (χ4v) is 4.55. The monoisotopic (exact) mass is 455 g/mol. The Morgan fingerprint density at radius 2 is 1.53 bits per heavy atom. The van der Waals surface area contributed by atoms with Gasteiger partial charge >= 0.3 is 12.1 Å². The second kappa shape index (κ2) is 9.08. The predicted octanol–water partition coefficient (Wildman–Crippen LogP) is 4.82. The zero-order chi connectivity index (χ0) is 23.7. The first-order valence-corrected chi connectivity index (χ1v) is 13.9. The average Bonchev–Trinajstić information content (AvgIpc) is 3.03. The number of rotatable bonds is 6. The molecule has 2 aromatic rings. The van der Waals surface area contributed by atoms with Crippen molar-refractivity contribution in [2.45, 2.75) is 63.9 Å². The number of ether oxygens (including phenoxy) is 1. The van der Waals surface area contributed by atoms with Gasteiger partial charge < -0.3 is 19.6 Å². The maximum atomic E-state index is 12.8. The Bertz CT molecular complexity index is 950. The number of hydrogen-bond donors (Lipinski definition) is 2. The summed E-state index contributed by atoms with van der Waals surface area (Å²) in [5.74, 6) is -0.725. The number of aliphatic hydroxyl groups excluding tert-OH is 1. The molecule has 2 N–H and O–H groups in total. The molecule has 0 heterocycles. The molecule has 1 aliphatic rings. The molecule has 1 amide bonds. The van der Waals surface area contributed by atoms with Crippen LogP contribution in [0, 0.1) is 0 Å². The van der Waals surface area contributed by atoms with E-state index in [0.717, 1.165) is 22.3 Å². The van der Waals surface area contributed by atoms with Crippen LogP contribution >= 0.6 is 0 Å². The van der Waals surface area contributed by atoms with E-state index in [-0.39, 0.29) is 17.6 Å². The fraction of sp³-hybridized carbons (Fsp3) is 0.440. The van der Waals surface area contributed by atoms with Gasteiger partial charge in [-0.3, -0.25) is 4.79 Å². The van der Waals surface area contributed by atoms with Crippen molar-refractivity contribution in [3.63, 3.8) is 0 Å². The predicted molar refractivity (Wildman–Crippen MR) is 127 cm³/mol. The minimum absolute atomic E-state index is 0.0858. The van der Waals surface area contributed by atoms with Gasteiger partial charge in [0.15, 0.2) is 6.04 Å². The van der Waals surface area contributed by atoms with E-state index in [1.807, 2.05) is 70.3 Å². The van der Waals surface area contributed by atoms with Crippen molar-refractivity contribution < 1.29 is 23.9 Å². The fourth-order valence-electron chi connectivity index (χ4n) is 3.61. The summed E-state index contributed by atoms with van der Waals surface area (Å²) in [4.78, 5) is 25.3. The van der Waals surface area contributed by atoms with Crippen LogP contribution in [-0.2, 0) is 14.0 Å². The highest BCUT2D eigenvalue weighted by Gasteiger charge is 2.42. The molecule has 0 aromatic heterocycles. The smallest absolute Gasteiger partial charge is 0.407 e. The minimum Gasteiger partial charge on any atom is -0.518 e. The summed E-state index contributed by atoms with van der Waals surface area (Å²) in [7, 11) is -2.40. The number of carbonyl (C=O) groups is 2. The number of hydrogen-bond acceptors (Lipinski definition) is 5. The lowest BCUT2D eigenvalue weighted by Gasteiger charge is -2.36. The first-order chi connectivity index (χ1) is 14.9. The lowest BCUT2D eigenvalue weighted by Crippen LogP contribution is -2.53. The molecule has 3 rings (SSSR count). The van der Waals surface area contributed by atoms with E-state index in [0.29, 0.717) is 0 Å². The Balaban J connectivity index is 1.68. The topological polar surface area (TPSA) is 84.9 Å². The van der Waals surface area contributed by atoms with Gasteiger partial charge in [-0.1, -0.05) is 69.3 Å². The SMILES string of the molecule is C[C@@H](O)[C@H](NC(=O)OCC1c2ccccc2-c2ccccc21)C(=O)O[Si](C)(C)C(C)(C)C. The van der Waals surface area contributed by atoms with Gasteiger partial charge in [0.25, 0.3) is 8.32 Å². The first kappa shape index (κ1) is 24.0. The number of benzene rings is 2. The Morgan fingerprint density at radius 3 is 2.00 bits per heavy atom. The minimum atomic E-state index is -2.40. The number of carbonyl (C=O) groups excluding carboxylic acids is 2. The van der Waals surface area contributed by atoms with E-state index < -0.39 is 32.5 Å². The second-order valence-corrected chi connectivity index (χ2v) is 14.6. The van der Waals surface area contributed by atoms with Gasteiger partial charge in [0.1, 0.15) is 6.61 Å². The number of nitrogens with one attached hydrogen (secondary N) is 1. The van der Waals surface area contributed by atoms with Gasteiger partial charge in [0.2, 0.25) is 0 Å². The van der Waals surface area contributed by atoms with Crippen molar-refractivity contribution in [2.75, 3.05) is 6.61 Å². The summed E-state index contributed by atoms with van der Waals surface area (Å²) < 4.78 is 11.3. The third-order valence-corrected chi connectivity index (χ3v) is 10.8. The van der Waals surface area contributed by atoms with Crippen LogP contribution in [0.3, 0.4) is 0 Å². The van der Waals surface area contributed by atoms with Crippen LogP contribution in [0.4, 0.5) is 4.79 Å². The van der Waals surface area contributed by atoms with Gasteiger partial charge in [0, 0.05) is 5.92 Å². The summed E-state index contributed by atoms with van der Waals surface area (Å²) in [6.07, 6.45) is -1.88. The van der Waals surface area contributed by atoms with Crippen molar-refractivity contribution in [1.82, 2.24) is 5.32 Å². The molecule has 0 fully saturated rings. The van der Waals surface area contributed by atoms with Crippen LogP contribution in [0.1, 0.15) is 44.7 Å². The highest BCUT2D eigenvalue weighted by molar-refractivity contribution is 6.75. The van der Waals surface area contributed by atoms with E-state index in [9.17, 15) is 14.7 Å². The zero-order valence-electron chi connectivity index (χ0n) is 19.6. The molecule has 0 radical (unpaired) electrons. The molecule has 2 aromatic carbocycles. The van der Waals surface area contributed by atoms with Gasteiger partial charge in [0.05, 0.1) is 6.10 Å². The summed E-state index contributed by atoms with van der Waals surface area (Å²) >= 11 is 0. The van der Waals surface area contributed by atoms with Crippen molar-refractivity contribution in [3.05, 3.63) is 59.7 Å². The molecule has 0 aliphatic heterocycles. The van der Waals surface area contributed by atoms with Gasteiger partial charge in [-0.05, 0) is 47.3 Å². The molecule has 172 valence electrons. The molecule has 0 unspecified atom stereocenters. The van der Waals surface area contributed by atoms with Crippen molar-refractivity contribution in [1.29, 1.82) is 0 Å². The van der Waals surface area contributed by atoms with Crippen molar-refractivity contribution in [3.8, 4) is 11.1 Å². The summed E-state index contributed by atoms with van der Waals surface area (Å²) in [5, 5.41) is 12.4. The van der Waals surface area contributed by atoms with E-state index >= 15 is 0 Å². The number of fused-ring (bicyclic) bond motifs is 3. The Labute approximate surface area is 191 Å². The van der Waals surface area contributed by atoms with Crippen LogP contribution in [0.25, 0.3) is 11.1 Å². The maximum absolute atomic E-state index is 12.8. The zero-order valence-corrected chi connectivity index (χ0v) is 20.6. The molecule has 0 bridgehead atoms. The van der Waals surface area contributed by atoms with Gasteiger partial charge in [-0.15, -0.1) is 0 Å². The van der Waals surface area contributed by atoms with E-state index in [1.165, 1.54) is 6.92 Å². The normalized spacial score (nSPS) is 15.3. The van der Waals surface area contributed by atoms with Gasteiger partial charge in [-0.2, -0.15) is 0 Å². The lowest BCUT2D eigenvalue weighted by molar-refractivity contribution is -0.140. The van der Waals surface area contributed by atoms with Crippen LogP contribution in [0.2, 0.25) is 18.1 Å². The molecule has 0 saturated heterocycles. The molecule has 0 spiro atoms. The number of aliphatic hydroxyl groups is 1. The third kappa shape index (κ3) is 4.89. The lowest BCUT2D eigenvalue weighted by atomic mass is 9.98. The molecular formula is C25H33NO5Si. The molecule has 1 aliphatic carbocycles. The van der Waals surface area contributed by atoms with Crippen LogP contribution < -0.4 is 5.32 Å². The second-order valence-electron chi connectivity index (χ2n) is 9.87. The van der Waals surface area contributed by atoms with E-state index in [1.54, 1.807) is 0 Å². The van der Waals surface area contributed by atoms with Gasteiger partial charge in [-0.25, -0.2) is 4.79 Å². The Kier molecular flexibility index (Phi) is 6.81. The molecule has 6 nitrogen and oxygen atoms in total. The van der Waals surface area contributed by atoms with Crippen molar-refractivity contribution in [2.24, 2.45) is 0 Å². The molecule has 2 atom stereocenters. The summed E-state index contributed by atoms with van der Waals surface area (Å²) in [6, 6.07) is 14.9. The Hall–Kier alpha value is -2.64. The third-order valence-electron chi connectivity index (χ3n) is 6.52. The molecule has 7 heteroatoms. The summed E-state index contributed by atoms with van der Waals surface area (Å²) in [5.41, 5.74) is 4.48. The van der Waals surface area contributed by atoms with E-state index in [4.69, 9.17) is 9.16 Å². The largest absolute Gasteiger partial charge is 0.518 e. The van der Waals surface area contributed by atoms with Crippen molar-refractivity contribution >= 4 is 20.4 Å². The maximum Gasteiger partial charge on any atom is 0.407 e. The van der Waals surface area contributed by atoms with E-state index in [2.05, 4.69) is 17.4 Å². The molecular weight excluding hydrogens is 422 g/mol. The molecule has 0 saturated carbocycles. The number of alkyl carbamates (subject to hydrolysis) is 1.